The molecule has 0 amide bonds. The van der Waals surface area contributed by atoms with Gasteiger partial charge in [-0.1, -0.05) is 26.0 Å². The van der Waals surface area contributed by atoms with Crippen LogP contribution >= 0.6 is 7.94 Å². The minimum atomic E-state index is -3.71. The monoisotopic (exact) mass is 477 g/mol. The number of nitrogens with zero attached hydrogens (tertiary/aromatic N) is 2. The van der Waals surface area contributed by atoms with E-state index < -0.39 is 18.8 Å². The second kappa shape index (κ2) is 9.81. The van der Waals surface area contributed by atoms with Crippen molar-refractivity contribution in [3.63, 3.8) is 0 Å². The predicted molar refractivity (Wildman–Crippen MR) is 125 cm³/mol. The van der Waals surface area contributed by atoms with Crippen LogP contribution in [-0.4, -0.2) is 40.6 Å². The van der Waals surface area contributed by atoms with Crippen molar-refractivity contribution >= 4 is 24.9 Å². The summed E-state index contributed by atoms with van der Waals surface area (Å²) in [6.07, 6.45) is 1.61. The molecule has 0 radical (unpaired) electrons. The zero-order valence-electron chi connectivity index (χ0n) is 19.6. The zero-order valence-corrected chi connectivity index (χ0v) is 20.5. The number of nitro benzene ring substituents is 1. The van der Waals surface area contributed by atoms with Crippen molar-refractivity contribution in [3.05, 3.63) is 51.3 Å². The molecular weight excluding hydrogens is 447 g/mol. The first-order valence-electron chi connectivity index (χ1n) is 11.0. The van der Waals surface area contributed by atoms with Crippen LogP contribution in [0, 0.1) is 29.4 Å². The lowest BCUT2D eigenvalue weighted by Gasteiger charge is -2.36. The number of nitro groups is 1. The maximum atomic E-state index is 13.0. The third kappa shape index (κ3) is 4.64. The second-order valence-corrected chi connectivity index (χ2v) is 10.2. The number of ether oxygens (including phenoxy) is 1. The van der Waals surface area contributed by atoms with Gasteiger partial charge in [-0.2, -0.15) is 13.9 Å². The summed E-state index contributed by atoms with van der Waals surface area (Å²) in [4.78, 5) is 40.5. The Hall–Kier alpha value is -2.45. The van der Waals surface area contributed by atoms with Crippen molar-refractivity contribution < 1.29 is 28.4 Å². The molecule has 0 spiro atoms. The molecule has 1 aromatic heterocycles. The lowest BCUT2D eigenvalue weighted by Crippen LogP contribution is -2.39. The Bertz CT molecular complexity index is 1060. The Kier molecular flexibility index (Phi) is 7.49. The van der Waals surface area contributed by atoms with Gasteiger partial charge in [-0.05, 0) is 39.7 Å². The molecule has 1 aliphatic heterocycles. The van der Waals surface area contributed by atoms with Gasteiger partial charge in [0.2, 0.25) is 5.30 Å². The number of hydrogen-bond acceptors (Lipinski definition) is 8. The number of pyridine rings is 1. The fraction of sp³-hybridized carbons (Fsp3) is 0.478. The molecule has 1 N–H and O–H groups in total. The van der Waals surface area contributed by atoms with E-state index in [1.54, 1.807) is 32.9 Å². The minimum Gasteiger partial charge on any atom is -0.462 e. The Morgan fingerprint density at radius 2 is 1.79 bits per heavy atom. The highest BCUT2D eigenvalue weighted by atomic mass is 31.2. The Morgan fingerprint density at radius 3 is 2.33 bits per heavy atom. The molecule has 10 heteroatoms. The third-order valence-electron chi connectivity index (χ3n) is 6.25. The van der Waals surface area contributed by atoms with Crippen molar-refractivity contribution in [2.45, 2.75) is 47.5 Å². The van der Waals surface area contributed by atoms with Crippen LogP contribution in [0.4, 0.5) is 5.69 Å². The number of esters is 1. The van der Waals surface area contributed by atoms with Crippen LogP contribution in [0.5, 0.6) is 0 Å². The molecule has 0 atom stereocenters. The van der Waals surface area contributed by atoms with E-state index in [9.17, 15) is 19.8 Å². The molecule has 2 aromatic rings. The number of benzene rings is 1. The molecule has 1 aliphatic rings. The number of para-hydroxylation sites is 1. The summed E-state index contributed by atoms with van der Waals surface area (Å²) in [6.45, 7) is 9.69. The van der Waals surface area contributed by atoms with Crippen LogP contribution in [0.15, 0.2) is 24.3 Å². The number of carbonyl (C=O) groups excluding carboxylic acids is 1. The summed E-state index contributed by atoms with van der Waals surface area (Å²) in [5.41, 5.74) is 0.651. The molecule has 33 heavy (non-hydrogen) atoms. The highest BCUT2D eigenvalue weighted by Gasteiger charge is 2.56. The normalized spacial score (nSPS) is 16.9. The Morgan fingerprint density at radius 1 is 1.18 bits per heavy atom. The lowest BCUT2D eigenvalue weighted by atomic mass is 9.84. The van der Waals surface area contributed by atoms with Gasteiger partial charge in [0.15, 0.2) is 0 Å². The van der Waals surface area contributed by atoms with Crippen molar-refractivity contribution in [3.8, 4) is 11.1 Å². The first-order chi connectivity index (χ1) is 15.6. The second-order valence-electron chi connectivity index (χ2n) is 8.15. The van der Waals surface area contributed by atoms with E-state index in [1.165, 1.54) is 12.1 Å². The standard InChI is InChI=1S/C23H30N2O7P/c1-6-23(7-2)13-31-33(29,32-14-23)21-16(5)24-15(4)19(22(26)30-8-3)20(21)17-11-9-10-12-18(17)25(27)28/h9-12,29H,6-8,13-14H2,1-5H3/q+1. The van der Waals surface area contributed by atoms with E-state index >= 15 is 0 Å². The molecule has 0 bridgehead atoms. The summed E-state index contributed by atoms with van der Waals surface area (Å²) in [5.74, 6) is -0.683. The van der Waals surface area contributed by atoms with Crippen LogP contribution in [0.25, 0.3) is 11.1 Å². The predicted octanol–water partition coefficient (Wildman–Crippen LogP) is 4.68. The number of rotatable bonds is 7. The van der Waals surface area contributed by atoms with Gasteiger partial charge in [0.25, 0.3) is 5.69 Å². The van der Waals surface area contributed by atoms with Crippen molar-refractivity contribution in [1.82, 2.24) is 4.98 Å². The molecule has 0 unspecified atom stereocenters. The Balaban J connectivity index is 2.33. The van der Waals surface area contributed by atoms with E-state index in [-0.39, 0.29) is 52.9 Å². The van der Waals surface area contributed by atoms with Crippen LogP contribution in [0.2, 0.25) is 0 Å². The van der Waals surface area contributed by atoms with Crippen LogP contribution in [0.1, 0.15) is 55.4 Å². The molecular formula is C23H30N2O7P+. The molecule has 1 saturated heterocycles. The van der Waals surface area contributed by atoms with Crippen molar-refractivity contribution in [2.75, 3.05) is 19.8 Å². The average Bonchev–Trinajstić information content (AvgIpc) is 2.79. The smallest absolute Gasteiger partial charge is 0.448 e. The average molecular weight is 477 g/mol. The number of hydrogen-bond donors (Lipinski definition) is 1. The summed E-state index contributed by atoms with van der Waals surface area (Å²) in [7, 11) is -3.71. The molecule has 0 saturated carbocycles. The van der Waals surface area contributed by atoms with Crippen molar-refractivity contribution in [1.29, 1.82) is 0 Å². The first kappa shape index (κ1) is 25.2. The number of carbonyl (C=O) groups is 1. The van der Waals surface area contributed by atoms with Crippen molar-refractivity contribution in [2.24, 2.45) is 5.41 Å². The van der Waals surface area contributed by atoms with Gasteiger partial charge in [0, 0.05) is 11.5 Å². The maximum Gasteiger partial charge on any atom is 0.448 e. The van der Waals surface area contributed by atoms with Gasteiger partial charge >= 0.3 is 13.9 Å². The van der Waals surface area contributed by atoms with Gasteiger partial charge in [-0.15, -0.1) is 0 Å². The maximum absolute atomic E-state index is 13.0. The molecule has 178 valence electrons. The number of aromatic nitrogens is 1. The van der Waals surface area contributed by atoms with Crippen LogP contribution in [0.3, 0.4) is 0 Å². The molecule has 1 aromatic carbocycles. The molecule has 2 heterocycles. The van der Waals surface area contributed by atoms with E-state index in [4.69, 9.17) is 13.8 Å². The van der Waals surface area contributed by atoms with E-state index in [0.29, 0.717) is 11.4 Å². The summed E-state index contributed by atoms with van der Waals surface area (Å²) in [5, 5.41) is 12.0. The topological polar surface area (TPSA) is 121 Å². The fourth-order valence-corrected chi connectivity index (χ4v) is 6.27. The Labute approximate surface area is 193 Å². The van der Waals surface area contributed by atoms with E-state index in [1.807, 2.05) is 13.8 Å². The minimum absolute atomic E-state index is 0.0511. The molecule has 9 nitrogen and oxygen atoms in total. The largest absolute Gasteiger partial charge is 0.462 e. The van der Waals surface area contributed by atoms with Gasteiger partial charge in [-0.3, -0.25) is 15.1 Å². The summed E-state index contributed by atoms with van der Waals surface area (Å²) >= 11 is 0. The molecule has 1 fully saturated rings. The van der Waals surface area contributed by atoms with Gasteiger partial charge in [0.05, 0.1) is 39.6 Å². The van der Waals surface area contributed by atoms with Gasteiger partial charge in [0.1, 0.15) is 13.2 Å². The van der Waals surface area contributed by atoms with Gasteiger partial charge in [-0.25, -0.2) is 4.79 Å². The van der Waals surface area contributed by atoms with E-state index in [2.05, 4.69) is 4.98 Å². The highest BCUT2D eigenvalue weighted by molar-refractivity contribution is 7.69. The van der Waals surface area contributed by atoms with Crippen LogP contribution in [-0.2, 0) is 13.8 Å². The lowest BCUT2D eigenvalue weighted by molar-refractivity contribution is -0.384. The highest BCUT2D eigenvalue weighted by Crippen LogP contribution is 2.63. The number of aryl methyl sites for hydroxylation is 2. The third-order valence-corrected chi connectivity index (χ3v) is 8.32. The first-order valence-corrected chi connectivity index (χ1v) is 12.5. The quantitative estimate of drug-likeness (QED) is 0.264. The summed E-state index contributed by atoms with van der Waals surface area (Å²) < 4.78 is 17.3. The van der Waals surface area contributed by atoms with E-state index in [0.717, 1.165) is 12.8 Å². The SMILES string of the molecule is CCOC(=O)c1c(C)nc(C)c([P+]2(O)OCC(CC)(CC)CO2)c1-c1ccccc1[N+](=O)[O-]. The van der Waals surface area contributed by atoms with Gasteiger partial charge < -0.3 is 4.74 Å². The fourth-order valence-electron chi connectivity index (χ4n) is 4.06. The zero-order chi connectivity index (χ0) is 24.4. The molecule has 0 aliphatic carbocycles. The van der Waals surface area contributed by atoms with Crippen LogP contribution < -0.4 is 5.30 Å². The molecule has 3 rings (SSSR count). The summed E-state index contributed by atoms with van der Waals surface area (Å²) in [6, 6.07) is 6.07.